The Hall–Kier alpha value is -1.40. The first-order valence-electron chi connectivity index (χ1n) is 8.58. The van der Waals surface area contributed by atoms with Crippen LogP contribution in [0.5, 0.6) is 0 Å². The number of nitrogens with zero attached hydrogens (tertiary/aromatic N) is 1. The van der Waals surface area contributed by atoms with E-state index in [1.807, 2.05) is 6.07 Å². The number of ether oxygens (including phenoxy) is 1. The number of aliphatic carboxylic acids is 1. The molecule has 0 spiro atoms. The van der Waals surface area contributed by atoms with Crippen LogP contribution in [0.25, 0.3) is 0 Å². The van der Waals surface area contributed by atoms with Gasteiger partial charge in [-0.3, -0.25) is 9.59 Å². The average Bonchev–Trinajstić information content (AvgIpc) is 2.97. The second kappa shape index (κ2) is 6.84. The van der Waals surface area contributed by atoms with Gasteiger partial charge in [-0.15, -0.1) is 11.3 Å². The molecule has 1 aliphatic heterocycles. The van der Waals surface area contributed by atoms with E-state index in [1.165, 1.54) is 24.0 Å². The third-order valence-electron chi connectivity index (χ3n) is 5.28. The van der Waals surface area contributed by atoms with Crippen molar-refractivity contribution in [2.45, 2.75) is 39.0 Å². The van der Waals surface area contributed by atoms with Gasteiger partial charge < -0.3 is 14.7 Å². The molecular formula is C18H25NO4S. The van der Waals surface area contributed by atoms with Gasteiger partial charge in [-0.25, -0.2) is 0 Å². The van der Waals surface area contributed by atoms with Crippen molar-refractivity contribution in [1.82, 2.24) is 4.90 Å². The number of thiophene rings is 1. The Balaban J connectivity index is 1.78. The van der Waals surface area contributed by atoms with E-state index in [0.717, 1.165) is 17.7 Å². The molecule has 6 heteroatoms. The zero-order valence-electron chi connectivity index (χ0n) is 14.3. The quantitative estimate of drug-likeness (QED) is 0.906. The Morgan fingerprint density at radius 2 is 2.29 bits per heavy atom. The Bertz CT molecular complexity index is 637. The van der Waals surface area contributed by atoms with Gasteiger partial charge in [0.1, 0.15) is 5.41 Å². The van der Waals surface area contributed by atoms with Gasteiger partial charge in [-0.2, -0.15) is 0 Å². The zero-order chi connectivity index (χ0) is 17.3. The van der Waals surface area contributed by atoms with E-state index in [9.17, 15) is 14.7 Å². The Morgan fingerprint density at radius 3 is 3.00 bits per heavy atom. The number of piperidine rings is 1. The second-order valence-electron chi connectivity index (χ2n) is 7.26. The van der Waals surface area contributed by atoms with E-state index in [2.05, 4.69) is 6.92 Å². The fraction of sp³-hybridized carbons (Fsp3) is 0.667. The molecule has 1 amide bonds. The minimum Gasteiger partial charge on any atom is -0.481 e. The summed E-state index contributed by atoms with van der Waals surface area (Å²) >= 11 is 1.59. The summed E-state index contributed by atoms with van der Waals surface area (Å²) < 4.78 is 5.14. The molecule has 0 saturated carbocycles. The molecule has 132 valence electrons. The van der Waals surface area contributed by atoms with Crippen LogP contribution in [-0.4, -0.2) is 48.7 Å². The highest BCUT2D eigenvalue weighted by Gasteiger charge is 2.44. The molecule has 0 bridgehead atoms. The molecule has 1 aromatic heterocycles. The number of carbonyl (C=O) groups excluding carboxylic acids is 1. The molecule has 5 nitrogen and oxygen atoms in total. The van der Waals surface area contributed by atoms with Crippen molar-refractivity contribution >= 4 is 23.2 Å². The number of carboxylic acids is 1. The van der Waals surface area contributed by atoms with Crippen molar-refractivity contribution in [3.8, 4) is 0 Å². The topological polar surface area (TPSA) is 66.8 Å². The van der Waals surface area contributed by atoms with Gasteiger partial charge >= 0.3 is 5.97 Å². The summed E-state index contributed by atoms with van der Waals surface area (Å²) in [6, 6.07) is 2.03. The van der Waals surface area contributed by atoms with E-state index in [0.29, 0.717) is 25.3 Å². The van der Waals surface area contributed by atoms with Crippen LogP contribution in [0.1, 0.15) is 46.3 Å². The average molecular weight is 351 g/mol. The normalized spacial score (nSPS) is 26.9. The summed E-state index contributed by atoms with van der Waals surface area (Å²) in [6.07, 6.45) is 4.53. The lowest BCUT2D eigenvalue weighted by atomic mass is 9.80. The summed E-state index contributed by atoms with van der Waals surface area (Å²) in [5, 5.41) is 9.64. The summed E-state index contributed by atoms with van der Waals surface area (Å²) in [4.78, 5) is 28.5. The van der Waals surface area contributed by atoms with Crippen LogP contribution in [0, 0.1) is 11.3 Å². The molecule has 0 radical (unpaired) electrons. The van der Waals surface area contributed by atoms with Crippen molar-refractivity contribution in [3.63, 3.8) is 0 Å². The molecular weight excluding hydrogens is 326 g/mol. The van der Waals surface area contributed by atoms with Gasteiger partial charge in [0.05, 0.1) is 11.5 Å². The van der Waals surface area contributed by atoms with Crippen LogP contribution in [0.2, 0.25) is 0 Å². The highest BCUT2D eigenvalue weighted by molar-refractivity contribution is 7.14. The highest BCUT2D eigenvalue weighted by atomic mass is 32.1. The maximum atomic E-state index is 12.9. The van der Waals surface area contributed by atoms with Gasteiger partial charge in [0.15, 0.2) is 0 Å². The van der Waals surface area contributed by atoms with Gasteiger partial charge in [0, 0.05) is 25.1 Å². The molecule has 2 unspecified atom stereocenters. The van der Waals surface area contributed by atoms with E-state index in [-0.39, 0.29) is 19.1 Å². The lowest BCUT2D eigenvalue weighted by molar-refractivity contribution is -0.155. The van der Waals surface area contributed by atoms with Crippen molar-refractivity contribution < 1.29 is 19.4 Å². The summed E-state index contributed by atoms with van der Waals surface area (Å²) in [5.41, 5.74) is 0.328. The van der Waals surface area contributed by atoms with E-state index >= 15 is 0 Å². The molecule has 1 aromatic rings. The molecule has 1 N–H and O–H groups in total. The minimum absolute atomic E-state index is 0.0246. The lowest BCUT2D eigenvalue weighted by Gasteiger charge is -2.39. The van der Waals surface area contributed by atoms with E-state index < -0.39 is 11.4 Å². The Morgan fingerprint density at radius 1 is 1.50 bits per heavy atom. The van der Waals surface area contributed by atoms with Crippen LogP contribution in [-0.2, 0) is 22.4 Å². The minimum atomic E-state index is -0.978. The van der Waals surface area contributed by atoms with E-state index in [4.69, 9.17) is 4.74 Å². The Labute approximate surface area is 146 Å². The highest BCUT2D eigenvalue weighted by Crippen LogP contribution is 2.35. The summed E-state index contributed by atoms with van der Waals surface area (Å²) in [6.45, 7) is 3.24. The first kappa shape index (κ1) is 17.4. The predicted molar refractivity (Wildman–Crippen MR) is 92.6 cm³/mol. The molecule has 2 atom stereocenters. The molecule has 0 aromatic carbocycles. The molecule has 1 aliphatic carbocycles. The molecule has 2 aliphatic rings. The van der Waals surface area contributed by atoms with Gasteiger partial charge in [-0.1, -0.05) is 6.92 Å². The Kier molecular flexibility index (Phi) is 4.97. The number of aryl methyl sites for hydroxylation is 1. The monoisotopic (exact) mass is 351 g/mol. The summed E-state index contributed by atoms with van der Waals surface area (Å²) in [7, 11) is 1.51. The molecule has 2 heterocycles. The van der Waals surface area contributed by atoms with E-state index in [1.54, 1.807) is 16.2 Å². The second-order valence-corrected chi connectivity index (χ2v) is 8.39. The fourth-order valence-electron chi connectivity index (χ4n) is 3.90. The van der Waals surface area contributed by atoms with Crippen LogP contribution in [0.4, 0.5) is 0 Å². The number of hydrogen-bond donors (Lipinski definition) is 1. The zero-order valence-corrected chi connectivity index (χ0v) is 15.2. The van der Waals surface area contributed by atoms with Crippen molar-refractivity contribution in [1.29, 1.82) is 0 Å². The van der Waals surface area contributed by atoms with Crippen molar-refractivity contribution in [2.24, 2.45) is 11.3 Å². The number of carboxylic acid groups (broad SMARTS) is 1. The molecule has 1 saturated heterocycles. The van der Waals surface area contributed by atoms with Gasteiger partial charge in [-0.05, 0) is 49.7 Å². The first-order valence-corrected chi connectivity index (χ1v) is 9.40. The van der Waals surface area contributed by atoms with Crippen LogP contribution in [0.15, 0.2) is 6.07 Å². The smallest absolute Gasteiger partial charge is 0.313 e. The first-order chi connectivity index (χ1) is 11.4. The van der Waals surface area contributed by atoms with Crippen LogP contribution >= 0.6 is 11.3 Å². The number of hydrogen-bond acceptors (Lipinski definition) is 4. The summed E-state index contributed by atoms with van der Waals surface area (Å²) in [5.74, 6) is -0.226. The predicted octanol–water partition coefficient (Wildman–Crippen LogP) is 2.83. The maximum absolute atomic E-state index is 12.9. The number of amides is 1. The molecule has 24 heavy (non-hydrogen) atoms. The number of fused-ring (bicyclic) bond motifs is 1. The van der Waals surface area contributed by atoms with Crippen molar-refractivity contribution in [3.05, 3.63) is 21.4 Å². The SMILES string of the molecule is COCC1(C(=O)O)CCCN(C(=O)c2cc3c(s2)CCC(C)C3)C1. The number of rotatable bonds is 4. The van der Waals surface area contributed by atoms with Crippen LogP contribution in [0.3, 0.4) is 0 Å². The lowest BCUT2D eigenvalue weighted by Crippen LogP contribution is -2.52. The fourth-order valence-corrected chi connectivity index (χ4v) is 5.08. The van der Waals surface area contributed by atoms with Crippen molar-refractivity contribution in [2.75, 3.05) is 26.8 Å². The number of likely N-dealkylation sites (tertiary alicyclic amines) is 1. The standard InChI is InChI=1S/C18H25NO4S/c1-12-4-5-14-13(8-12)9-15(24-14)16(20)19-7-3-6-18(10-19,11-23-2)17(21)22/h9,12H,3-8,10-11H2,1-2H3,(H,21,22). The largest absolute Gasteiger partial charge is 0.481 e. The van der Waals surface area contributed by atoms with Gasteiger partial charge in [0.2, 0.25) is 0 Å². The maximum Gasteiger partial charge on any atom is 0.313 e. The number of methoxy groups -OCH3 is 1. The number of carbonyl (C=O) groups is 2. The third-order valence-corrected chi connectivity index (χ3v) is 6.50. The molecule has 1 fully saturated rings. The molecule has 3 rings (SSSR count). The van der Waals surface area contributed by atoms with Crippen LogP contribution < -0.4 is 0 Å². The van der Waals surface area contributed by atoms with Gasteiger partial charge in [0.25, 0.3) is 5.91 Å². The third kappa shape index (κ3) is 3.22.